The molecular formula is C13H15NO. The second kappa shape index (κ2) is 4.37. The van der Waals surface area contributed by atoms with Crippen molar-refractivity contribution < 1.29 is 4.74 Å². The van der Waals surface area contributed by atoms with E-state index in [4.69, 9.17) is 10.5 Å². The van der Waals surface area contributed by atoms with Gasteiger partial charge >= 0.3 is 0 Å². The highest BCUT2D eigenvalue weighted by atomic mass is 16.5. The summed E-state index contributed by atoms with van der Waals surface area (Å²) in [5.41, 5.74) is 7.32. The molecule has 2 rings (SSSR count). The van der Waals surface area contributed by atoms with E-state index in [1.165, 1.54) is 5.56 Å². The van der Waals surface area contributed by atoms with Crippen molar-refractivity contribution in [1.82, 2.24) is 0 Å². The van der Waals surface area contributed by atoms with E-state index in [1.54, 1.807) is 0 Å². The zero-order valence-corrected chi connectivity index (χ0v) is 8.86. The van der Waals surface area contributed by atoms with Gasteiger partial charge < -0.3 is 10.5 Å². The molecular weight excluding hydrogens is 186 g/mol. The maximum absolute atomic E-state index is 6.10. The van der Waals surface area contributed by atoms with Crippen LogP contribution in [0.2, 0.25) is 0 Å². The number of benzene rings is 1. The number of rotatable bonds is 2. The Hall–Kier alpha value is -1.46. The largest absolute Gasteiger partial charge is 0.493 e. The highest BCUT2D eigenvalue weighted by molar-refractivity contribution is 5.40. The van der Waals surface area contributed by atoms with Gasteiger partial charge in [0.1, 0.15) is 5.75 Å². The molecule has 2 N–H and O–H groups in total. The highest BCUT2D eigenvalue weighted by Crippen LogP contribution is 2.35. The van der Waals surface area contributed by atoms with Crippen molar-refractivity contribution in [3.05, 3.63) is 29.8 Å². The fraction of sp³-hybridized carbons (Fsp3) is 0.385. The molecule has 2 unspecified atom stereocenters. The summed E-state index contributed by atoms with van der Waals surface area (Å²) in [6.45, 7) is 2.53. The van der Waals surface area contributed by atoms with Gasteiger partial charge in [-0.1, -0.05) is 18.2 Å². The molecule has 2 heteroatoms. The van der Waals surface area contributed by atoms with Crippen molar-refractivity contribution in [2.24, 2.45) is 5.73 Å². The predicted octanol–water partition coefficient (Wildman–Crippen LogP) is 1.90. The molecule has 1 aliphatic rings. The van der Waals surface area contributed by atoms with Crippen LogP contribution in [0.4, 0.5) is 0 Å². The van der Waals surface area contributed by atoms with Crippen molar-refractivity contribution in [3.8, 4) is 17.6 Å². The van der Waals surface area contributed by atoms with Crippen LogP contribution >= 0.6 is 0 Å². The van der Waals surface area contributed by atoms with Crippen LogP contribution < -0.4 is 10.5 Å². The molecule has 2 nitrogen and oxygen atoms in total. The lowest BCUT2D eigenvalue weighted by molar-refractivity contribution is 0.315. The quantitative estimate of drug-likeness (QED) is 0.742. The molecule has 0 saturated heterocycles. The molecule has 0 radical (unpaired) electrons. The lowest BCUT2D eigenvalue weighted by Gasteiger charge is -2.15. The molecule has 0 amide bonds. The summed E-state index contributed by atoms with van der Waals surface area (Å²) in [5, 5.41) is 0. The first kappa shape index (κ1) is 10.1. The third kappa shape index (κ3) is 1.98. The smallest absolute Gasteiger partial charge is 0.122 e. The van der Waals surface area contributed by atoms with Gasteiger partial charge in [-0.2, -0.15) is 0 Å². The lowest BCUT2D eigenvalue weighted by Crippen LogP contribution is -2.28. The van der Waals surface area contributed by atoms with Gasteiger partial charge in [-0.3, -0.25) is 0 Å². The summed E-state index contributed by atoms with van der Waals surface area (Å²) >= 11 is 0. The van der Waals surface area contributed by atoms with Crippen molar-refractivity contribution in [2.75, 3.05) is 6.61 Å². The third-order valence-electron chi connectivity index (χ3n) is 2.77. The zero-order valence-electron chi connectivity index (χ0n) is 8.86. The Kier molecular flexibility index (Phi) is 2.94. The van der Waals surface area contributed by atoms with Crippen molar-refractivity contribution in [2.45, 2.75) is 25.3 Å². The third-order valence-corrected chi connectivity index (χ3v) is 2.77. The van der Waals surface area contributed by atoms with Crippen LogP contribution in [0, 0.1) is 11.8 Å². The van der Waals surface area contributed by atoms with E-state index >= 15 is 0 Å². The van der Waals surface area contributed by atoms with Crippen LogP contribution in [0.25, 0.3) is 0 Å². The van der Waals surface area contributed by atoms with Crippen LogP contribution in [0.15, 0.2) is 24.3 Å². The molecule has 15 heavy (non-hydrogen) atoms. The molecule has 1 aromatic rings. The summed E-state index contributed by atoms with van der Waals surface area (Å²) in [6.07, 6.45) is 0.735. The van der Waals surface area contributed by atoms with Gasteiger partial charge in [0.05, 0.1) is 6.61 Å². The fourth-order valence-electron chi connectivity index (χ4n) is 1.90. The highest BCUT2D eigenvalue weighted by Gasteiger charge is 2.28. The van der Waals surface area contributed by atoms with Gasteiger partial charge in [0.2, 0.25) is 0 Å². The summed E-state index contributed by atoms with van der Waals surface area (Å²) in [7, 11) is 0. The van der Waals surface area contributed by atoms with Crippen LogP contribution in [0.1, 0.15) is 24.8 Å². The lowest BCUT2D eigenvalue weighted by atomic mass is 9.92. The van der Waals surface area contributed by atoms with Gasteiger partial charge in [0.15, 0.2) is 0 Å². The van der Waals surface area contributed by atoms with E-state index < -0.39 is 0 Å². The summed E-state index contributed by atoms with van der Waals surface area (Å²) in [4.78, 5) is 0. The molecule has 0 spiro atoms. The van der Waals surface area contributed by atoms with E-state index in [0.717, 1.165) is 12.2 Å². The van der Waals surface area contributed by atoms with E-state index in [0.29, 0.717) is 12.5 Å². The molecule has 1 aromatic carbocycles. The molecule has 78 valence electrons. The Labute approximate surface area is 90.4 Å². The molecule has 0 aliphatic carbocycles. The average Bonchev–Trinajstić information content (AvgIpc) is 2.69. The van der Waals surface area contributed by atoms with Gasteiger partial charge in [0.25, 0.3) is 0 Å². The standard InChI is InChI=1S/C13H15NO/c1-2-3-7-12(14)11-9-15-13-8-5-4-6-10(11)13/h4-6,8,11-12H,7,9,14H2,1H3. The second-order valence-electron chi connectivity index (χ2n) is 3.75. The molecule has 2 atom stereocenters. The molecule has 0 fully saturated rings. The monoisotopic (exact) mass is 201 g/mol. The second-order valence-corrected chi connectivity index (χ2v) is 3.75. The Bertz CT molecular complexity index is 402. The summed E-state index contributed by atoms with van der Waals surface area (Å²) < 4.78 is 5.58. The minimum Gasteiger partial charge on any atom is -0.493 e. The van der Waals surface area contributed by atoms with E-state index in [-0.39, 0.29) is 6.04 Å². The Balaban J connectivity index is 2.15. The van der Waals surface area contributed by atoms with E-state index in [1.807, 2.05) is 25.1 Å². The van der Waals surface area contributed by atoms with Crippen molar-refractivity contribution in [1.29, 1.82) is 0 Å². The maximum Gasteiger partial charge on any atom is 0.122 e. The number of nitrogens with two attached hydrogens (primary N) is 1. The molecule has 1 aliphatic heterocycles. The molecule has 0 saturated carbocycles. The van der Waals surface area contributed by atoms with E-state index in [9.17, 15) is 0 Å². The van der Waals surface area contributed by atoms with Crippen molar-refractivity contribution >= 4 is 0 Å². The average molecular weight is 201 g/mol. The topological polar surface area (TPSA) is 35.2 Å². The Morgan fingerprint density at radius 3 is 3.13 bits per heavy atom. The van der Waals surface area contributed by atoms with E-state index in [2.05, 4.69) is 17.9 Å². The number of ether oxygens (including phenoxy) is 1. The van der Waals surface area contributed by atoms with Crippen LogP contribution in [-0.2, 0) is 0 Å². The zero-order chi connectivity index (χ0) is 10.7. The Morgan fingerprint density at radius 1 is 1.53 bits per heavy atom. The first-order valence-corrected chi connectivity index (χ1v) is 5.20. The normalized spacial score (nSPS) is 19.7. The minimum atomic E-state index is 0.0705. The number of para-hydroxylation sites is 1. The molecule has 0 aromatic heterocycles. The predicted molar refractivity (Wildman–Crippen MR) is 60.7 cm³/mol. The summed E-state index contributed by atoms with van der Waals surface area (Å²) in [6, 6.07) is 8.16. The van der Waals surface area contributed by atoms with Crippen molar-refractivity contribution in [3.63, 3.8) is 0 Å². The summed E-state index contributed by atoms with van der Waals surface area (Å²) in [5.74, 6) is 7.17. The SMILES string of the molecule is CC#CCC(N)C1COc2ccccc21. The molecule has 1 heterocycles. The van der Waals surface area contributed by atoms with Crippen LogP contribution in [-0.4, -0.2) is 12.6 Å². The number of hydrogen-bond donors (Lipinski definition) is 1. The van der Waals surface area contributed by atoms with Gasteiger partial charge in [-0.15, -0.1) is 11.8 Å². The molecule has 0 bridgehead atoms. The van der Waals surface area contributed by atoms with Crippen LogP contribution in [0.5, 0.6) is 5.75 Å². The van der Waals surface area contributed by atoms with Crippen LogP contribution in [0.3, 0.4) is 0 Å². The first-order chi connectivity index (χ1) is 7.33. The van der Waals surface area contributed by atoms with Gasteiger partial charge in [-0.05, 0) is 13.0 Å². The number of fused-ring (bicyclic) bond motifs is 1. The minimum absolute atomic E-state index is 0.0705. The van der Waals surface area contributed by atoms with Gasteiger partial charge in [-0.25, -0.2) is 0 Å². The Morgan fingerprint density at radius 2 is 2.33 bits per heavy atom. The first-order valence-electron chi connectivity index (χ1n) is 5.20. The number of hydrogen-bond acceptors (Lipinski definition) is 2. The fourth-order valence-corrected chi connectivity index (χ4v) is 1.90. The van der Waals surface area contributed by atoms with Gasteiger partial charge in [0, 0.05) is 23.9 Å². The maximum atomic E-state index is 6.10.